The van der Waals surface area contributed by atoms with Gasteiger partial charge in [0.05, 0.1) is 26.5 Å². The highest BCUT2D eigenvalue weighted by molar-refractivity contribution is 7.71. The van der Waals surface area contributed by atoms with Gasteiger partial charge in [-0.3, -0.25) is 4.90 Å². The van der Waals surface area contributed by atoms with E-state index in [1.54, 1.807) is 43.2 Å². The van der Waals surface area contributed by atoms with Crippen molar-refractivity contribution in [1.82, 2.24) is 14.7 Å². The van der Waals surface area contributed by atoms with Crippen LogP contribution in [-0.4, -0.2) is 35.9 Å². The van der Waals surface area contributed by atoms with Crippen LogP contribution in [0.1, 0.15) is 5.56 Å². The highest BCUT2D eigenvalue weighted by atomic mass is 32.1. The summed E-state index contributed by atoms with van der Waals surface area (Å²) in [6.45, 7) is 1.05. The molecule has 0 saturated heterocycles. The molecule has 0 saturated carbocycles. The van der Waals surface area contributed by atoms with Crippen LogP contribution in [0.4, 0.5) is 4.39 Å². The standard InChI is InChI=1S/C19H20FN3O3S/c1-22(11-13-4-6-14(20)7-5-13)12-23-19(27)26-18(21-23)16-9-8-15(24-2)10-17(16)25-3/h4-10H,11-12H2,1-3H3. The molecule has 0 aliphatic carbocycles. The largest absolute Gasteiger partial charge is 0.497 e. The van der Waals surface area contributed by atoms with Gasteiger partial charge in [0.25, 0.3) is 10.7 Å². The lowest BCUT2D eigenvalue weighted by Crippen LogP contribution is -2.22. The number of hydrogen-bond acceptors (Lipinski definition) is 6. The van der Waals surface area contributed by atoms with Crippen LogP contribution in [0.5, 0.6) is 11.5 Å². The molecular weight excluding hydrogens is 369 g/mol. The van der Waals surface area contributed by atoms with Crippen LogP contribution < -0.4 is 9.47 Å². The normalized spacial score (nSPS) is 11.0. The van der Waals surface area contributed by atoms with E-state index in [2.05, 4.69) is 5.10 Å². The van der Waals surface area contributed by atoms with Crippen LogP contribution in [0.3, 0.4) is 0 Å². The minimum atomic E-state index is -0.252. The maximum Gasteiger partial charge on any atom is 0.288 e. The third-order valence-electron chi connectivity index (χ3n) is 3.99. The molecule has 27 heavy (non-hydrogen) atoms. The Labute approximate surface area is 161 Å². The van der Waals surface area contributed by atoms with Gasteiger partial charge in [-0.25, -0.2) is 9.07 Å². The fourth-order valence-electron chi connectivity index (χ4n) is 2.66. The Morgan fingerprint density at radius 3 is 2.56 bits per heavy atom. The second-order valence-electron chi connectivity index (χ2n) is 6.02. The van der Waals surface area contributed by atoms with Crippen molar-refractivity contribution in [1.29, 1.82) is 0 Å². The number of hydrogen-bond donors (Lipinski definition) is 0. The summed E-state index contributed by atoms with van der Waals surface area (Å²) in [6, 6.07) is 11.8. The molecule has 0 atom stereocenters. The third-order valence-corrected chi connectivity index (χ3v) is 4.28. The molecule has 0 radical (unpaired) electrons. The zero-order valence-corrected chi connectivity index (χ0v) is 16.1. The molecule has 0 aliphatic heterocycles. The molecular formula is C19H20FN3O3S. The predicted molar refractivity (Wildman–Crippen MR) is 102 cm³/mol. The van der Waals surface area contributed by atoms with Crippen molar-refractivity contribution >= 4 is 12.2 Å². The van der Waals surface area contributed by atoms with Gasteiger partial charge in [0.15, 0.2) is 0 Å². The molecule has 3 aromatic rings. The molecule has 1 aromatic heterocycles. The van der Waals surface area contributed by atoms with Crippen LogP contribution in [0, 0.1) is 10.7 Å². The summed E-state index contributed by atoms with van der Waals surface area (Å²) in [5.41, 5.74) is 1.68. The average molecular weight is 389 g/mol. The van der Waals surface area contributed by atoms with Gasteiger partial charge in [-0.1, -0.05) is 12.1 Å². The van der Waals surface area contributed by atoms with E-state index < -0.39 is 0 Å². The third kappa shape index (κ3) is 4.53. The number of rotatable bonds is 7. The fourth-order valence-corrected chi connectivity index (χ4v) is 2.84. The molecule has 1 heterocycles. The molecule has 8 heteroatoms. The molecule has 3 rings (SSSR count). The van der Waals surface area contributed by atoms with Crippen LogP contribution in [-0.2, 0) is 13.2 Å². The maximum absolute atomic E-state index is 13.0. The molecule has 142 valence electrons. The Kier molecular flexibility index (Phi) is 5.88. The quantitative estimate of drug-likeness (QED) is 0.567. The highest BCUT2D eigenvalue weighted by Crippen LogP contribution is 2.32. The summed E-state index contributed by atoms with van der Waals surface area (Å²) in [5.74, 6) is 1.37. The van der Waals surface area contributed by atoms with E-state index in [1.165, 1.54) is 12.1 Å². The van der Waals surface area contributed by atoms with Gasteiger partial charge in [0.1, 0.15) is 17.3 Å². The van der Waals surface area contributed by atoms with Crippen molar-refractivity contribution in [3.63, 3.8) is 0 Å². The Morgan fingerprint density at radius 1 is 1.15 bits per heavy atom. The summed E-state index contributed by atoms with van der Waals surface area (Å²) >= 11 is 5.29. The van der Waals surface area contributed by atoms with Gasteiger partial charge in [0.2, 0.25) is 0 Å². The van der Waals surface area contributed by atoms with Crippen LogP contribution in [0.25, 0.3) is 11.5 Å². The van der Waals surface area contributed by atoms with E-state index in [1.807, 2.05) is 18.0 Å². The molecule has 0 bridgehead atoms. The summed E-state index contributed by atoms with van der Waals surface area (Å²) in [6.07, 6.45) is 0. The van der Waals surface area contributed by atoms with Gasteiger partial charge in [-0.2, -0.15) is 0 Å². The van der Waals surface area contributed by atoms with E-state index in [4.69, 9.17) is 26.1 Å². The number of ether oxygens (including phenoxy) is 2. The molecule has 0 N–H and O–H groups in total. The first-order valence-corrected chi connectivity index (χ1v) is 8.64. The van der Waals surface area contributed by atoms with E-state index in [0.717, 1.165) is 5.56 Å². The average Bonchev–Trinajstić information content (AvgIpc) is 3.03. The predicted octanol–water partition coefficient (Wildman–Crippen LogP) is 4.12. The van der Waals surface area contributed by atoms with Gasteiger partial charge in [-0.15, -0.1) is 5.10 Å². The van der Waals surface area contributed by atoms with Crippen LogP contribution >= 0.6 is 12.2 Å². The second-order valence-corrected chi connectivity index (χ2v) is 6.37. The minimum absolute atomic E-state index is 0.252. The molecule has 0 amide bonds. The summed E-state index contributed by atoms with van der Waals surface area (Å²) < 4.78 is 30.9. The number of benzene rings is 2. The number of aromatic nitrogens is 2. The summed E-state index contributed by atoms with van der Waals surface area (Å²) in [7, 11) is 5.08. The van der Waals surface area contributed by atoms with Crippen LogP contribution in [0.15, 0.2) is 46.9 Å². The van der Waals surface area contributed by atoms with Gasteiger partial charge < -0.3 is 13.9 Å². The first-order valence-electron chi connectivity index (χ1n) is 8.23. The maximum atomic E-state index is 13.0. The monoisotopic (exact) mass is 389 g/mol. The molecule has 2 aromatic carbocycles. The van der Waals surface area contributed by atoms with Crippen molar-refractivity contribution in [3.05, 3.63) is 58.7 Å². The Hall–Kier alpha value is -2.71. The second kappa shape index (κ2) is 8.32. The zero-order valence-electron chi connectivity index (χ0n) is 15.3. The van der Waals surface area contributed by atoms with Crippen molar-refractivity contribution in [2.24, 2.45) is 0 Å². The van der Waals surface area contributed by atoms with Gasteiger partial charge in [-0.05, 0) is 49.1 Å². The summed E-state index contributed by atoms with van der Waals surface area (Å²) in [5, 5.41) is 4.46. The van der Waals surface area contributed by atoms with Crippen molar-refractivity contribution in [2.45, 2.75) is 13.2 Å². The van der Waals surface area contributed by atoms with Crippen molar-refractivity contribution in [3.8, 4) is 23.0 Å². The zero-order chi connectivity index (χ0) is 19.4. The van der Waals surface area contributed by atoms with Crippen molar-refractivity contribution < 1.29 is 18.3 Å². The molecule has 6 nitrogen and oxygen atoms in total. The van der Waals surface area contributed by atoms with E-state index in [-0.39, 0.29) is 10.7 Å². The Balaban J connectivity index is 1.78. The summed E-state index contributed by atoms with van der Waals surface area (Å²) in [4.78, 5) is 2.26. The molecule has 0 fully saturated rings. The number of halogens is 1. The lowest BCUT2D eigenvalue weighted by atomic mass is 10.2. The first kappa shape index (κ1) is 19.1. The Bertz CT molecular complexity index is 969. The number of nitrogens with zero attached hydrogens (tertiary/aromatic N) is 3. The lowest BCUT2D eigenvalue weighted by molar-refractivity contribution is 0.240. The van der Waals surface area contributed by atoms with Crippen LogP contribution in [0.2, 0.25) is 0 Å². The molecule has 0 spiro atoms. The Morgan fingerprint density at radius 2 is 1.89 bits per heavy atom. The smallest absolute Gasteiger partial charge is 0.288 e. The van der Waals surface area contributed by atoms with E-state index >= 15 is 0 Å². The lowest BCUT2D eigenvalue weighted by Gasteiger charge is -2.15. The van der Waals surface area contributed by atoms with Crippen molar-refractivity contribution in [2.75, 3.05) is 21.3 Å². The SMILES string of the molecule is COc1ccc(-c2nn(CN(C)Cc3ccc(F)cc3)c(=S)o2)c(OC)c1. The fraction of sp³-hybridized carbons (Fsp3) is 0.263. The van der Waals surface area contributed by atoms with Gasteiger partial charge >= 0.3 is 0 Å². The molecule has 0 unspecified atom stereocenters. The molecule has 0 aliphatic rings. The van der Waals surface area contributed by atoms with Gasteiger partial charge in [0, 0.05) is 12.6 Å². The number of methoxy groups -OCH3 is 2. The van der Waals surface area contributed by atoms with E-state index in [0.29, 0.717) is 36.2 Å². The van der Waals surface area contributed by atoms with E-state index in [9.17, 15) is 4.39 Å². The topological polar surface area (TPSA) is 52.7 Å². The highest BCUT2D eigenvalue weighted by Gasteiger charge is 2.15. The first-order chi connectivity index (χ1) is 13.0. The minimum Gasteiger partial charge on any atom is -0.497 e.